The van der Waals surface area contributed by atoms with E-state index in [9.17, 15) is 13.9 Å². The molecule has 25 heavy (non-hydrogen) atoms. The van der Waals surface area contributed by atoms with Gasteiger partial charge in [0.05, 0.1) is 0 Å². The quantitative estimate of drug-likeness (QED) is 0.623. The molecule has 1 aromatic heterocycles. The van der Waals surface area contributed by atoms with Crippen LogP contribution in [0.4, 0.5) is 8.78 Å². The molecule has 0 saturated heterocycles. The summed E-state index contributed by atoms with van der Waals surface area (Å²) in [5, 5.41) is 9.23. The first kappa shape index (κ1) is 16.6. The molecule has 1 atom stereocenters. The van der Waals surface area contributed by atoms with Crippen molar-refractivity contribution in [3.63, 3.8) is 0 Å². The van der Waals surface area contributed by atoms with E-state index in [0.29, 0.717) is 23.5 Å². The summed E-state index contributed by atoms with van der Waals surface area (Å²) in [5.41, 5.74) is -1.09. The number of halogens is 2. The largest absolute Gasteiger partial charge is 0.488 e. The third-order valence-electron chi connectivity index (χ3n) is 4.38. The summed E-state index contributed by atoms with van der Waals surface area (Å²) in [6, 6.07) is 15.4. The van der Waals surface area contributed by atoms with Gasteiger partial charge in [-0.15, -0.1) is 24.0 Å². The molecule has 2 nitrogen and oxygen atoms in total. The van der Waals surface area contributed by atoms with Crippen LogP contribution in [0.1, 0.15) is 16.0 Å². The molecule has 2 aromatic carbocycles. The lowest BCUT2D eigenvalue weighted by Gasteiger charge is -2.31. The van der Waals surface area contributed by atoms with Crippen LogP contribution in [-0.2, 0) is 12.2 Å². The molecule has 4 rings (SSSR count). The lowest BCUT2D eigenvalue weighted by atomic mass is 9.91. The highest BCUT2D eigenvalue weighted by molar-refractivity contribution is 7.81. The molecule has 1 heterocycles. The summed E-state index contributed by atoms with van der Waals surface area (Å²) >= 11 is 4.95. The van der Waals surface area contributed by atoms with E-state index in [1.54, 1.807) is 41.7 Å². The number of rotatable bonds is 4. The van der Waals surface area contributed by atoms with E-state index >= 15 is 0 Å². The van der Waals surface area contributed by atoms with Crippen LogP contribution < -0.4 is 4.74 Å². The number of hydrogen-bond acceptors (Lipinski definition) is 4. The average Bonchev–Trinajstić information content (AvgIpc) is 3.19. The minimum atomic E-state index is -3.64. The molecule has 1 aliphatic carbocycles. The Morgan fingerprint density at radius 2 is 1.80 bits per heavy atom. The zero-order chi connectivity index (χ0) is 17.7. The number of hydrogen-bond donors (Lipinski definition) is 2. The molecule has 0 bridgehead atoms. The molecule has 1 unspecified atom stereocenters. The molecule has 0 fully saturated rings. The molecular formula is C19H14F2O2S2. The average molecular weight is 376 g/mol. The Balaban J connectivity index is 1.78. The van der Waals surface area contributed by atoms with Crippen molar-refractivity contribution in [3.8, 4) is 16.9 Å². The number of alkyl halides is 2. The maximum absolute atomic E-state index is 14.3. The van der Waals surface area contributed by atoms with Crippen LogP contribution in [-0.4, -0.2) is 10.4 Å². The van der Waals surface area contributed by atoms with E-state index < -0.39 is 10.9 Å². The second-order valence-corrected chi connectivity index (χ2v) is 7.47. The van der Waals surface area contributed by atoms with Gasteiger partial charge in [-0.05, 0) is 34.7 Å². The van der Waals surface area contributed by atoms with Crippen molar-refractivity contribution in [1.82, 2.24) is 0 Å². The minimum Gasteiger partial charge on any atom is -0.488 e. The molecule has 3 aromatic rings. The first-order chi connectivity index (χ1) is 11.9. The van der Waals surface area contributed by atoms with Gasteiger partial charge in [0.2, 0.25) is 0 Å². The highest BCUT2D eigenvalue weighted by atomic mass is 32.1. The zero-order valence-corrected chi connectivity index (χ0v) is 14.7. The van der Waals surface area contributed by atoms with Crippen LogP contribution in [0.2, 0.25) is 0 Å². The monoisotopic (exact) mass is 376 g/mol. The van der Waals surface area contributed by atoms with Gasteiger partial charge in [0.15, 0.2) is 5.60 Å². The maximum Gasteiger partial charge on any atom is 0.327 e. The van der Waals surface area contributed by atoms with Crippen molar-refractivity contribution in [2.45, 2.75) is 17.5 Å². The fraction of sp³-hybridized carbons (Fsp3) is 0.158. The van der Waals surface area contributed by atoms with E-state index in [1.807, 2.05) is 17.5 Å². The normalized spacial score (nSPS) is 18.7. The molecule has 1 N–H and O–H groups in total. The van der Waals surface area contributed by atoms with Gasteiger partial charge in [0.25, 0.3) is 0 Å². The third-order valence-corrected chi connectivity index (χ3v) is 5.56. The summed E-state index contributed by atoms with van der Waals surface area (Å²) in [7, 11) is 0. The number of ether oxygens (including phenoxy) is 1. The Morgan fingerprint density at radius 3 is 2.52 bits per heavy atom. The summed E-state index contributed by atoms with van der Waals surface area (Å²) in [5.74, 6) is 0.427. The number of benzene rings is 2. The van der Waals surface area contributed by atoms with E-state index in [0.717, 1.165) is 4.88 Å². The zero-order valence-electron chi connectivity index (χ0n) is 12.9. The highest BCUT2D eigenvalue weighted by Gasteiger charge is 2.57. The van der Waals surface area contributed by atoms with Crippen LogP contribution in [0.25, 0.3) is 11.1 Å². The lowest BCUT2D eigenvalue weighted by Crippen LogP contribution is -2.40. The molecule has 0 spiro atoms. The maximum atomic E-state index is 14.3. The fourth-order valence-corrected chi connectivity index (χ4v) is 4.06. The van der Waals surface area contributed by atoms with Gasteiger partial charge in [0, 0.05) is 16.0 Å². The van der Waals surface area contributed by atoms with Gasteiger partial charge in [-0.1, -0.05) is 36.4 Å². The Labute approximate surface area is 153 Å². The SMILES string of the molecule is OC1(C(F)(F)S)c2ccccc2-c2ccc(OCc3cccs3)cc21. The molecule has 0 saturated carbocycles. The fourth-order valence-electron chi connectivity index (χ4n) is 3.20. The predicted octanol–water partition coefficient (Wildman–Crippen LogP) is 5.07. The van der Waals surface area contributed by atoms with Crippen molar-refractivity contribution >= 4 is 24.0 Å². The first-order valence-electron chi connectivity index (χ1n) is 7.63. The molecule has 1 aliphatic rings. The lowest BCUT2D eigenvalue weighted by molar-refractivity contribution is -0.0939. The van der Waals surface area contributed by atoms with Gasteiger partial charge in [-0.25, -0.2) is 0 Å². The second-order valence-electron chi connectivity index (χ2n) is 5.87. The standard InChI is InChI=1S/C19H14F2O2S2/c20-19(21,24)18(22)16-6-2-1-5-14(16)15-8-7-12(10-17(15)18)23-11-13-4-3-9-25-13/h1-10,22,24H,11H2. The number of fused-ring (bicyclic) bond motifs is 3. The molecule has 0 radical (unpaired) electrons. The smallest absolute Gasteiger partial charge is 0.327 e. The summed E-state index contributed by atoms with van der Waals surface area (Å²) in [6.45, 7) is 0.346. The summed E-state index contributed by atoms with van der Waals surface area (Å²) in [4.78, 5) is 1.03. The summed E-state index contributed by atoms with van der Waals surface area (Å²) in [6.07, 6.45) is 0. The van der Waals surface area contributed by atoms with Gasteiger partial charge in [-0.2, -0.15) is 8.78 Å². The van der Waals surface area contributed by atoms with Crippen LogP contribution in [0.5, 0.6) is 5.75 Å². The number of thiol groups is 1. The highest BCUT2D eigenvalue weighted by Crippen LogP contribution is 2.56. The predicted molar refractivity (Wildman–Crippen MR) is 97.5 cm³/mol. The Hall–Kier alpha value is -1.89. The Kier molecular flexibility index (Phi) is 3.86. The topological polar surface area (TPSA) is 29.5 Å². The van der Waals surface area contributed by atoms with Gasteiger partial charge < -0.3 is 9.84 Å². The van der Waals surface area contributed by atoms with Crippen LogP contribution in [0, 0.1) is 0 Å². The van der Waals surface area contributed by atoms with E-state index in [1.165, 1.54) is 12.1 Å². The molecule has 0 aliphatic heterocycles. The van der Waals surface area contributed by atoms with Crippen molar-refractivity contribution in [2.75, 3.05) is 0 Å². The third kappa shape index (κ3) is 2.56. The van der Waals surface area contributed by atoms with Gasteiger partial charge >= 0.3 is 5.25 Å². The molecule has 128 valence electrons. The molecular weight excluding hydrogens is 362 g/mol. The van der Waals surface area contributed by atoms with Gasteiger partial charge in [0.1, 0.15) is 12.4 Å². The number of aliphatic hydroxyl groups is 1. The van der Waals surface area contributed by atoms with Crippen molar-refractivity contribution in [3.05, 3.63) is 76.0 Å². The van der Waals surface area contributed by atoms with E-state index in [-0.39, 0.29) is 11.1 Å². The Bertz CT molecular complexity index is 919. The van der Waals surface area contributed by atoms with Gasteiger partial charge in [-0.3, -0.25) is 0 Å². The molecule has 0 amide bonds. The minimum absolute atomic E-state index is 0.109. The van der Waals surface area contributed by atoms with Crippen molar-refractivity contribution < 1.29 is 18.6 Å². The van der Waals surface area contributed by atoms with Crippen LogP contribution >= 0.6 is 24.0 Å². The van der Waals surface area contributed by atoms with Crippen LogP contribution in [0.15, 0.2) is 60.0 Å². The Morgan fingerprint density at radius 1 is 1.04 bits per heavy atom. The van der Waals surface area contributed by atoms with E-state index in [4.69, 9.17) is 4.74 Å². The van der Waals surface area contributed by atoms with Crippen molar-refractivity contribution in [1.29, 1.82) is 0 Å². The van der Waals surface area contributed by atoms with E-state index in [2.05, 4.69) is 12.6 Å². The second kappa shape index (κ2) is 5.83. The molecule has 6 heteroatoms. The first-order valence-corrected chi connectivity index (χ1v) is 8.96. The van der Waals surface area contributed by atoms with Crippen LogP contribution in [0.3, 0.4) is 0 Å². The number of thiophene rings is 1. The van der Waals surface area contributed by atoms with Crippen molar-refractivity contribution in [2.24, 2.45) is 0 Å². The summed E-state index contributed by atoms with van der Waals surface area (Å²) < 4.78 is 34.3.